The lowest BCUT2D eigenvalue weighted by molar-refractivity contribution is 0.174. The second kappa shape index (κ2) is 7.21. The number of carbonyl (C=O) groups is 1. The van der Waals surface area contributed by atoms with E-state index in [0.29, 0.717) is 30.4 Å². The van der Waals surface area contributed by atoms with Crippen molar-refractivity contribution >= 4 is 18.2 Å². The summed E-state index contributed by atoms with van der Waals surface area (Å²) in [7, 11) is 0. The zero-order valence-electron chi connectivity index (χ0n) is 15.0. The highest BCUT2D eigenvalue weighted by atomic mass is 16.2. The first kappa shape index (κ1) is 17.2. The summed E-state index contributed by atoms with van der Waals surface area (Å²) in [6.45, 7) is 2.12. The molecule has 3 aliphatic rings. The van der Waals surface area contributed by atoms with Crippen molar-refractivity contribution in [3.05, 3.63) is 47.4 Å². The highest BCUT2D eigenvalue weighted by molar-refractivity contribution is 6.00. The Balaban J connectivity index is 1.72. The van der Waals surface area contributed by atoms with E-state index in [1.54, 1.807) is 28.3 Å². The van der Waals surface area contributed by atoms with Crippen LogP contribution in [0.1, 0.15) is 24.0 Å². The normalized spacial score (nSPS) is 22.1. The van der Waals surface area contributed by atoms with Crippen LogP contribution in [0.25, 0.3) is 0 Å². The standard InChI is InChI=1S/C19H21N7O/c20-10-14-4-1-2-5-15(14)12-26-18(24-8-3-6-16(21)13-24)23-17-11-22-7-9-25(17)19(26)27/h1-2,4-5,7,11,16H,3,6,8-9,12-13,21H2/t16-/m1/s1. The SMILES string of the molecule is N#Cc1ccccc1CN1C(=O)N2CC=NC=C2N=C1N1CCC[C@@H](N)C1. The fraction of sp³-hybridized carbons (Fsp3) is 0.368. The molecule has 138 valence electrons. The first-order chi connectivity index (χ1) is 13.2. The number of hydrogen-bond acceptors (Lipinski definition) is 6. The van der Waals surface area contributed by atoms with Crippen molar-refractivity contribution in [1.29, 1.82) is 5.26 Å². The van der Waals surface area contributed by atoms with Gasteiger partial charge in [-0.1, -0.05) is 18.2 Å². The third kappa shape index (κ3) is 3.29. The summed E-state index contributed by atoms with van der Waals surface area (Å²) >= 11 is 0. The van der Waals surface area contributed by atoms with E-state index in [2.05, 4.69) is 16.0 Å². The zero-order valence-corrected chi connectivity index (χ0v) is 15.0. The third-order valence-electron chi connectivity index (χ3n) is 4.96. The van der Waals surface area contributed by atoms with Gasteiger partial charge in [0.15, 0.2) is 5.82 Å². The molecule has 1 aromatic rings. The number of rotatable bonds is 2. The van der Waals surface area contributed by atoms with Crippen molar-refractivity contribution in [3.63, 3.8) is 0 Å². The number of likely N-dealkylation sites (tertiary alicyclic amines) is 1. The number of nitrogens with zero attached hydrogens (tertiary/aromatic N) is 6. The number of benzene rings is 1. The van der Waals surface area contributed by atoms with Gasteiger partial charge in [-0.2, -0.15) is 10.3 Å². The molecule has 0 saturated carbocycles. The fourth-order valence-electron chi connectivity index (χ4n) is 3.58. The van der Waals surface area contributed by atoms with Crippen LogP contribution >= 0.6 is 0 Å². The third-order valence-corrected chi connectivity index (χ3v) is 4.96. The highest BCUT2D eigenvalue weighted by Gasteiger charge is 2.37. The average molecular weight is 363 g/mol. The molecular formula is C19H21N7O. The van der Waals surface area contributed by atoms with Crippen LogP contribution in [0.5, 0.6) is 0 Å². The Hall–Kier alpha value is -3.18. The molecule has 27 heavy (non-hydrogen) atoms. The predicted octanol–water partition coefficient (Wildman–Crippen LogP) is 1.46. The number of aliphatic imine (C=N–C) groups is 2. The van der Waals surface area contributed by atoms with Gasteiger partial charge in [0.2, 0.25) is 5.96 Å². The van der Waals surface area contributed by atoms with Crippen LogP contribution in [-0.2, 0) is 6.54 Å². The number of nitrogens with two attached hydrogens (primary N) is 1. The lowest BCUT2D eigenvalue weighted by Gasteiger charge is -2.42. The summed E-state index contributed by atoms with van der Waals surface area (Å²) in [5, 5.41) is 9.40. The van der Waals surface area contributed by atoms with E-state index in [-0.39, 0.29) is 18.6 Å². The molecule has 0 bridgehead atoms. The van der Waals surface area contributed by atoms with Gasteiger partial charge in [0.1, 0.15) is 0 Å². The Morgan fingerprint density at radius 2 is 2.19 bits per heavy atom. The second-order valence-corrected chi connectivity index (χ2v) is 6.83. The van der Waals surface area contributed by atoms with E-state index in [4.69, 9.17) is 10.7 Å². The minimum absolute atomic E-state index is 0.0567. The molecule has 0 aliphatic carbocycles. The molecule has 2 N–H and O–H groups in total. The van der Waals surface area contributed by atoms with E-state index in [1.165, 1.54) is 0 Å². The van der Waals surface area contributed by atoms with Crippen LogP contribution < -0.4 is 5.73 Å². The van der Waals surface area contributed by atoms with Gasteiger partial charge in [-0.3, -0.25) is 14.8 Å². The Morgan fingerprint density at radius 1 is 1.33 bits per heavy atom. The molecule has 3 aliphatic heterocycles. The van der Waals surface area contributed by atoms with E-state index >= 15 is 0 Å². The molecule has 1 aromatic carbocycles. The molecule has 1 saturated heterocycles. The largest absolute Gasteiger partial charge is 0.341 e. The Bertz CT molecular complexity index is 882. The quantitative estimate of drug-likeness (QED) is 0.859. The lowest BCUT2D eigenvalue weighted by atomic mass is 10.1. The molecule has 0 aromatic heterocycles. The van der Waals surface area contributed by atoms with Gasteiger partial charge in [-0.25, -0.2) is 4.79 Å². The maximum Gasteiger partial charge on any atom is 0.333 e. The number of piperidine rings is 1. The minimum Gasteiger partial charge on any atom is -0.341 e. The molecule has 0 unspecified atom stereocenters. The highest BCUT2D eigenvalue weighted by Crippen LogP contribution is 2.25. The minimum atomic E-state index is -0.163. The molecule has 8 nitrogen and oxygen atoms in total. The van der Waals surface area contributed by atoms with Crippen LogP contribution in [0.15, 0.2) is 46.3 Å². The maximum absolute atomic E-state index is 13.2. The Labute approximate surface area is 157 Å². The molecule has 8 heteroatoms. The van der Waals surface area contributed by atoms with E-state index < -0.39 is 0 Å². The van der Waals surface area contributed by atoms with Crippen molar-refractivity contribution in [3.8, 4) is 6.07 Å². The van der Waals surface area contributed by atoms with E-state index in [9.17, 15) is 10.1 Å². The van der Waals surface area contributed by atoms with Gasteiger partial charge < -0.3 is 10.6 Å². The molecule has 0 radical (unpaired) electrons. The topological polar surface area (TPSA) is 101 Å². The summed E-state index contributed by atoms with van der Waals surface area (Å²) in [6, 6.07) is 9.42. The number of carbonyl (C=O) groups excluding carboxylic acids is 1. The van der Waals surface area contributed by atoms with Crippen molar-refractivity contribution in [1.82, 2.24) is 14.7 Å². The summed E-state index contributed by atoms with van der Waals surface area (Å²) in [5.41, 5.74) is 7.50. The molecule has 2 amide bonds. The number of fused-ring (bicyclic) bond motifs is 1. The average Bonchev–Trinajstić information content (AvgIpc) is 2.70. The van der Waals surface area contributed by atoms with E-state index in [0.717, 1.165) is 24.9 Å². The first-order valence-electron chi connectivity index (χ1n) is 9.05. The smallest absolute Gasteiger partial charge is 0.333 e. The number of hydrogen-bond donors (Lipinski definition) is 1. The number of urea groups is 1. The van der Waals surface area contributed by atoms with Gasteiger partial charge in [-0.15, -0.1) is 0 Å². The molecule has 1 atom stereocenters. The second-order valence-electron chi connectivity index (χ2n) is 6.83. The Morgan fingerprint density at radius 3 is 3.00 bits per heavy atom. The summed E-state index contributed by atoms with van der Waals surface area (Å²) in [5.74, 6) is 1.13. The summed E-state index contributed by atoms with van der Waals surface area (Å²) in [6.07, 6.45) is 5.21. The first-order valence-corrected chi connectivity index (χ1v) is 9.05. The van der Waals surface area contributed by atoms with E-state index in [1.807, 2.05) is 18.2 Å². The summed E-state index contributed by atoms with van der Waals surface area (Å²) < 4.78 is 0. The molecule has 1 fully saturated rings. The molecular weight excluding hydrogens is 342 g/mol. The van der Waals surface area contributed by atoms with Crippen molar-refractivity contribution < 1.29 is 4.79 Å². The van der Waals surface area contributed by atoms with Crippen molar-refractivity contribution in [2.45, 2.75) is 25.4 Å². The maximum atomic E-state index is 13.2. The number of amides is 2. The van der Waals surface area contributed by atoms with Crippen LogP contribution in [-0.4, -0.2) is 58.6 Å². The molecule has 0 spiro atoms. The Kier molecular flexibility index (Phi) is 4.60. The van der Waals surface area contributed by atoms with Crippen molar-refractivity contribution in [2.75, 3.05) is 19.6 Å². The van der Waals surface area contributed by atoms with Crippen molar-refractivity contribution in [2.24, 2.45) is 15.7 Å². The van der Waals surface area contributed by atoms with Crippen LogP contribution in [0.3, 0.4) is 0 Å². The van der Waals surface area contributed by atoms with Gasteiger partial charge in [0.05, 0.1) is 30.9 Å². The van der Waals surface area contributed by atoms with Crippen LogP contribution in [0.4, 0.5) is 4.79 Å². The molecule has 3 heterocycles. The summed E-state index contributed by atoms with van der Waals surface area (Å²) in [4.78, 5) is 27.4. The van der Waals surface area contributed by atoms with Gasteiger partial charge in [0.25, 0.3) is 0 Å². The number of nitriles is 1. The lowest BCUT2D eigenvalue weighted by Crippen LogP contribution is -2.58. The number of guanidine groups is 1. The van der Waals surface area contributed by atoms with Crippen LogP contribution in [0, 0.1) is 11.3 Å². The predicted molar refractivity (Wildman–Crippen MR) is 102 cm³/mol. The van der Waals surface area contributed by atoms with Gasteiger partial charge >= 0.3 is 6.03 Å². The monoisotopic (exact) mass is 363 g/mol. The van der Waals surface area contributed by atoms with Gasteiger partial charge in [-0.05, 0) is 24.5 Å². The van der Waals surface area contributed by atoms with Crippen LogP contribution in [0.2, 0.25) is 0 Å². The van der Waals surface area contributed by atoms with Gasteiger partial charge in [0, 0.05) is 25.3 Å². The zero-order chi connectivity index (χ0) is 18.8. The fourth-order valence-corrected chi connectivity index (χ4v) is 3.58. The molecule has 4 rings (SSSR count).